The summed E-state index contributed by atoms with van der Waals surface area (Å²) in [5.41, 5.74) is 1.20. The van der Waals surface area contributed by atoms with Gasteiger partial charge in [-0.1, -0.05) is 30.3 Å². The second-order valence-electron chi connectivity index (χ2n) is 1.81. The van der Waals surface area contributed by atoms with Gasteiger partial charge in [0.05, 0.1) is 0 Å². The van der Waals surface area contributed by atoms with E-state index < -0.39 is 0 Å². The minimum atomic E-state index is 0.847. The van der Waals surface area contributed by atoms with Crippen molar-refractivity contribution in [3.63, 3.8) is 0 Å². The van der Waals surface area contributed by atoms with E-state index in [4.69, 9.17) is 9.69 Å². The van der Waals surface area contributed by atoms with Crippen LogP contribution in [0.5, 0.6) is 0 Å². The fourth-order valence-corrected chi connectivity index (χ4v) is 0.700. The van der Waals surface area contributed by atoms with Crippen LogP contribution in [-0.2, 0) is 17.3 Å². The standard InChI is InChI=1S/C9H9.ClH.Zn/c1-2-6-9-7-4-3-5-8-9;;/h2-8H,1H2;1H;/q-1;;+2/p-1. The molecule has 1 rings (SSSR count). The van der Waals surface area contributed by atoms with E-state index in [0.717, 1.165) is 17.3 Å². The van der Waals surface area contributed by atoms with Gasteiger partial charge in [0, 0.05) is 0 Å². The second kappa shape index (κ2) is 7.85. The maximum absolute atomic E-state index is 4.76. The molecule has 0 aliphatic rings. The SMILES string of the molecule is [CH2-]C=Cc1ccccc1.[Cl][Zn+]. The van der Waals surface area contributed by atoms with E-state index in [1.165, 1.54) is 5.56 Å². The Morgan fingerprint density at radius 1 is 1.18 bits per heavy atom. The summed E-state index contributed by atoms with van der Waals surface area (Å²) in [6.45, 7) is 3.60. The molecule has 2 heteroatoms. The molecule has 0 saturated heterocycles. The zero-order chi connectivity index (χ0) is 8.53. The van der Waals surface area contributed by atoms with Crippen LogP contribution in [0.15, 0.2) is 36.4 Å². The Bertz CT molecular complexity index is 194. The molecule has 0 aliphatic heterocycles. The van der Waals surface area contributed by atoms with Crippen molar-refractivity contribution in [2.45, 2.75) is 0 Å². The molecule has 0 spiro atoms. The van der Waals surface area contributed by atoms with E-state index >= 15 is 0 Å². The zero-order valence-electron chi connectivity index (χ0n) is 6.33. The van der Waals surface area contributed by atoms with Gasteiger partial charge in [-0.2, -0.15) is 0 Å². The van der Waals surface area contributed by atoms with Crippen LogP contribution >= 0.6 is 9.69 Å². The summed E-state index contributed by atoms with van der Waals surface area (Å²) in [7, 11) is 4.76. The second-order valence-corrected chi connectivity index (χ2v) is 1.81. The number of allylic oxidation sites excluding steroid dienone is 1. The molecule has 0 nitrogen and oxygen atoms in total. The Balaban J connectivity index is 0.000000461. The minimum absolute atomic E-state index is 0.847. The van der Waals surface area contributed by atoms with Gasteiger partial charge in [0.2, 0.25) is 0 Å². The first-order valence-electron chi connectivity index (χ1n) is 3.21. The van der Waals surface area contributed by atoms with Gasteiger partial charge >= 0.3 is 27.0 Å². The van der Waals surface area contributed by atoms with Gasteiger partial charge < -0.3 is 0 Å². The molecule has 0 aliphatic carbocycles. The molecule has 0 saturated carbocycles. The molecule has 11 heavy (non-hydrogen) atoms. The third-order valence-corrected chi connectivity index (χ3v) is 1.11. The van der Waals surface area contributed by atoms with E-state index in [1.807, 2.05) is 36.4 Å². The summed E-state index contributed by atoms with van der Waals surface area (Å²) in [4.78, 5) is 0. The summed E-state index contributed by atoms with van der Waals surface area (Å²) in [6.07, 6.45) is 3.76. The number of rotatable bonds is 1. The van der Waals surface area contributed by atoms with Crippen LogP contribution in [0.3, 0.4) is 0 Å². The Morgan fingerprint density at radius 3 is 2.18 bits per heavy atom. The van der Waals surface area contributed by atoms with Crippen LogP contribution in [0.4, 0.5) is 0 Å². The summed E-state index contributed by atoms with van der Waals surface area (Å²) in [5, 5.41) is 0. The van der Waals surface area contributed by atoms with Crippen LogP contribution in [0.2, 0.25) is 0 Å². The van der Waals surface area contributed by atoms with Crippen molar-refractivity contribution in [3.8, 4) is 0 Å². The Morgan fingerprint density at radius 2 is 1.73 bits per heavy atom. The number of hydrogen-bond donors (Lipinski definition) is 0. The molecule has 0 radical (unpaired) electrons. The van der Waals surface area contributed by atoms with Crippen LogP contribution < -0.4 is 0 Å². The third-order valence-electron chi connectivity index (χ3n) is 1.11. The van der Waals surface area contributed by atoms with Gasteiger partial charge in [0.15, 0.2) is 0 Å². The van der Waals surface area contributed by atoms with Crippen molar-refractivity contribution in [2.24, 2.45) is 0 Å². The van der Waals surface area contributed by atoms with Gasteiger partial charge in [-0.3, -0.25) is 0 Å². The average molecular weight is 218 g/mol. The van der Waals surface area contributed by atoms with Gasteiger partial charge in [-0.05, 0) is 0 Å². The van der Waals surface area contributed by atoms with Crippen molar-refractivity contribution in [3.05, 3.63) is 48.9 Å². The van der Waals surface area contributed by atoms with Crippen LogP contribution in [0, 0.1) is 6.92 Å². The normalized spacial score (nSPS) is 9.00. The fourth-order valence-electron chi connectivity index (χ4n) is 0.700. The molecule has 1 aromatic carbocycles. The predicted octanol–water partition coefficient (Wildman–Crippen LogP) is 3.22. The molecule has 0 bridgehead atoms. The first-order valence-corrected chi connectivity index (χ1v) is 7.11. The molecule has 54 valence electrons. The first-order chi connectivity index (χ1) is 5.43. The Labute approximate surface area is 82.0 Å². The van der Waals surface area contributed by atoms with Crippen molar-refractivity contribution in [1.82, 2.24) is 0 Å². The van der Waals surface area contributed by atoms with Crippen molar-refractivity contribution in [1.29, 1.82) is 0 Å². The van der Waals surface area contributed by atoms with Gasteiger partial charge in [0.1, 0.15) is 0 Å². The molecule has 0 heterocycles. The molecule has 0 aromatic heterocycles. The molecule has 0 unspecified atom stereocenters. The van der Waals surface area contributed by atoms with E-state index in [-0.39, 0.29) is 0 Å². The fraction of sp³-hybridized carbons (Fsp3) is 0. The summed E-state index contributed by atoms with van der Waals surface area (Å²) >= 11 is 0.847. The van der Waals surface area contributed by atoms with Crippen LogP contribution in [-0.4, -0.2) is 0 Å². The third kappa shape index (κ3) is 5.06. The molecular formula is C9H9ClZn. The summed E-state index contributed by atoms with van der Waals surface area (Å²) < 4.78 is 0. The van der Waals surface area contributed by atoms with Crippen molar-refractivity contribution < 1.29 is 17.3 Å². The van der Waals surface area contributed by atoms with Crippen LogP contribution in [0.1, 0.15) is 5.56 Å². The zero-order valence-corrected chi connectivity index (χ0v) is 10.1. The average Bonchev–Trinajstić information content (AvgIpc) is 2.11. The van der Waals surface area contributed by atoms with Gasteiger partial charge in [-0.15, -0.1) is 5.56 Å². The van der Waals surface area contributed by atoms with E-state index in [2.05, 4.69) is 6.92 Å². The first kappa shape index (κ1) is 10.7. The Kier molecular flexibility index (Phi) is 7.66. The van der Waals surface area contributed by atoms with E-state index in [0.29, 0.717) is 0 Å². The quantitative estimate of drug-likeness (QED) is 0.501. The molecule has 0 fully saturated rings. The molecule has 0 N–H and O–H groups in total. The summed E-state index contributed by atoms with van der Waals surface area (Å²) in [6, 6.07) is 10.1. The van der Waals surface area contributed by atoms with Gasteiger partial charge in [0.25, 0.3) is 0 Å². The van der Waals surface area contributed by atoms with Crippen LogP contribution in [0.25, 0.3) is 6.08 Å². The molecule has 0 atom stereocenters. The number of hydrogen-bond acceptors (Lipinski definition) is 0. The molecule has 0 amide bonds. The summed E-state index contributed by atoms with van der Waals surface area (Å²) in [5.74, 6) is 0. The Hall–Kier alpha value is -0.257. The maximum atomic E-state index is 4.76. The monoisotopic (exact) mass is 216 g/mol. The molecular weight excluding hydrogens is 209 g/mol. The van der Waals surface area contributed by atoms with Crippen molar-refractivity contribution >= 4 is 15.8 Å². The van der Waals surface area contributed by atoms with E-state index in [1.54, 1.807) is 6.08 Å². The van der Waals surface area contributed by atoms with E-state index in [9.17, 15) is 0 Å². The van der Waals surface area contributed by atoms with Crippen molar-refractivity contribution in [2.75, 3.05) is 0 Å². The van der Waals surface area contributed by atoms with Gasteiger partial charge in [-0.25, -0.2) is 19.1 Å². The predicted molar refractivity (Wildman–Crippen MR) is 46.7 cm³/mol. The number of benzene rings is 1. The molecule has 1 aromatic rings. The number of halogens is 1. The topological polar surface area (TPSA) is 0 Å².